The molecule has 0 aliphatic carbocycles. The number of carbonyl (C=O) groups excluding carboxylic acids is 2. The molecule has 3 unspecified atom stereocenters. The first-order valence-electron chi connectivity index (χ1n) is 9.67. The van der Waals surface area contributed by atoms with Crippen LogP contribution in [-0.2, 0) is 4.79 Å². The predicted molar refractivity (Wildman–Crippen MR) is 110 cm³/mol. The molecule has 0 saturated carbocycles. The van der Waals surface area contributed by atoms with Crippen LogP contribution in [0, 0.1) is 12.8 Å². The summed E-state index contributed by atoms with van der Waals surface area (Å²) < 4.78 is 0. The van der Waals surface area contributed by atoms with E-state index in [9.17, 15) is 9.59 Å². The van der Waals surface area contributed by atoms with Gasteiger partial charge in [-0.1, -0.05) is 12.1 Å². The van der Waals surface area contributed by atoms with Crippen LogP contribution in [0.5, 0.6) is 0 Å². The molecule has 7 heteroatoms. The number of benzene rings is 1. The van der Waals surface area contributed by atoms with Gasteiger partial charge in [0, 0.05) is 30.9 Å². The number of rotatable bonds is 3. The van der Waals surface area contributed by atoms with E-state index in [1.807, 2.05) is 31.2 Å². The maximum atomic E-state index is 12.7. The molecule has 3 N–H and O–H groups in total. The Bertz CT molecular complexity index is 655. The summed E-state index contributed by atoms with van der Waals surface area (Å²) in [5, 5.41) is 9.55. The van der Waals surface area contributed by atoms with E-state index < -0.39 is 0 Å². The van der Waals surface area contributed by atoms with Gasteiger partial charge in [0.1, 0.15) is 0 Å². The smallest absolute Gasteiger partial charge is 0.321 e. The summed E-state index contributed by atoms with van der Waals surface area (Å²) in [6.07, 6.45) is 3.65. The highest BCUT2D eigenvalue weighted by molar-refractivity contribution is 5.90. The topological polar surface area (TPSA) is 73.5 Å². The molecule has 1 aromatic carbocycles. The van der Waals surface area contributed by atoms with Gasteiger partial charge in [-0.15, -0.1) is 12.4 Å². The molecule has 6 nitrogen and oxygen atoms in total. The fraction of sp³-hybridized carbons (Fsp3) is 0.600. The van der Waals surface area contributed by atoms with Gasteiger partial charge in [-0.05, 0) is 63.8 Å². The number of nitrogens with zero attached hydrogens (tertiary/aromatic N) is 1. The molecule has 150 valence electrons. The summed E-state index contributed by atoms with van der Waals surface area (Å²) in [6, 6.07) is 8.33. The molecular weight excluding hydrogens is 364 g/mol. The van der Waals surface area contributed by atoms with Gasteiger partial charge in [0.05, 0.1) is 5.92 Å². The lowest BCUT2D eigenvalue weighted by Gasteiger charge is -2.34. The van der Waals surface area contributed by atoms with Gasteiger partial charge in [-0.2, -0.15) is 0 Å². The van der Waals surface area contributed by atoms with Crippen LogP contribution in [-0.4, -0.2) is 48.6 Å². The summed E-state index contributed by atoms with van der Waals surface area (Å²) in [5.41, 5.74) is 1.90. The number of hydrogen-bond donors (Lipinski definition) is 3. The van der Waals surface area contributed by atoms with E-state index in [-0.39, 0.29) is 36.3 Å². The average Bonchev–Trinajstić information content (AvgIpc) is 2.62. The van der Waals surface area contributed by atoms with Gasteiger partial charge in [-0.3, -0.25) is 4.79 Å². The van der Waals surface area contributed by atoms with E-state index >= 15 is 0 Å². The van der Waals surface area contributed by atoms with Crippen molar-refractivity contribution in [2.24, 2.45) is 5.92 Å². The minimum atomic E-state index is -0.122. The number of carbonyl (C=O) groups is 2. The van der Waals surface area contributed by atoms with Crippen molar-refractivity contribution in [1.29, 1.82) is 0 Å². The number of anilines is 1. The minimum absolute atomic E-state index is 0. The lowest BCUT2D eigenvalue weighted by Crippen LogP contribution is -2.51. The van der Waals surface area contributed by atoms with E-state index in [1.165, 1.54) is 0 Å². The maximum absolute atomic E-state index is 12.7. The summed E-state index contributed by atoms with van der Waals surface area (Å²) in [4.78, 5) is 27.0. The Balaban J connectivity index is 0.00000261. The number of piperidine rings is 2. The van der Waals surface area contributed by atoms with Crippen LogP contribution in [0.15, 0.2) is 24.3 Å². The second kappa shape index (κ2) is 9.95. The van der Waals surface area contributed by atoms with Crippen molar-refractivity contribution >= 4 is 30.0 Å². The normalized spacial score (nSPS) is 25.3. The number of aryl methyl sites for hydroxylation is 1. The van der Waals surface area contributed by atoms with Crippen LogP contribution >= 0.6 is 12.4 Å². The number of amides is 3. The largest absolute Gasteiger partial charge is 0.353 e. The van der Waals surface area contributed by atoms with Crippen molar-refractivity contribution in [3.8, 4) is 0 Å². The van der Waals surface area contributed by atoms with Gasteiger partial charge >= 0.3 is 6.03 Å². The van der Waals surface area contributed by atoms with Gasteiger partial charge < -0.3 is 20.9 Å². The Labute approximate surface area is 167 Å². The molecule has 2 heterocycles. The Morgan fingerprint density at radius 3 is 2.81 bits per heavy atom. The van der Waals surface area contributed by atoms with Crippen LogP contribution < -0.4 is 16.0 Å². The van der Waals surface area contributed by atoms with Crippen molar-refractivity contribution in [2.75, 3.05) is 25.0 Å². The second-order valence-corrected chi connectivity index (χ2v) is 7.67. The molecule has 0 spiro atoms. The van der Waals surface area contributed by atoms with E-state index in [4.69, 9.17) is 0 Å². The van der Waals surface area contributed by atoms with Gasteiger partial charge in [0.2, 0.25) is 5.91 Å². The quantitative estimate of drug-likeness (QED) is 0.738. The van der Waals surface area contributed by atoms with E-state index in [2.05, 4.69) is 22.9 Å². The molecule has 3 atom stereocenters. The van der Waals surface area contributed by atoms with Crippen molar-refractivity contribution in [2.45, 2.75) is 51.6 Å². The van der Waals surface area contributed by atoms with E-state index in [1.54, 1.807) is 4.90 Å². The number of urea groups is 1. The zero-order valence-corrected chi connectivity index (χ0v) is 17.0. The first-order valence-corrected chi connectivity index (χ1v) is 9.67. The molecule has 2 saturated heterocycles. The lowest BCUT2D eigenvalue weighted by molar-refractivity contribution is -0.127. The zero-order valence-electron chi connectivity index (χ0n) is 16.2. The third-order valence-electron chi connectivity index (χ3n) is 5.32. The number of nitrogens with one attached hydrogen (secondary N) is 3. The fourth-order valence-electron chi connectivity index (χ4n) is 3.88. The number of halogens is 1. The van der Waals surface area contributed by atoms with Crippen LogP contribution in [0.1, 0.15) is 38.2 Å². The molecule has 0 bridgehead atoms. The van der Waals surface area contributed by atoms with Crippen LogP contribution in [0.4, 0.5) is 10.5 Å². The molecule has 1 aromatic rings. The highest BCUT2D eigenvalue weighted by Crippen LogP contribution is 2.19. The van der Waals surface area contributed by atoms with Crippen LogP contribution in [0.25, 0.3) is 0 Å². The SMILES string of the molecule is Cc1cccc(NC(=O)N2CCCC(C(=O)NC3CCNC(C)C3)C2)c1.Cl. The Kier molecular flexibility index (Phi) is 7.92. The van der Waals surface area contributed by atoms with Crippen molar-refractivity contribution < 1.29 is 9.59 Å². The third kappa shape index (κ3) is 6.11. The average molecular weight is 395 g/mol. The fourth-order valence-corrected chi connectivity index (χ4v) is 3.88. The minimum Gasteiger partial charge on any atom is -0.353 e. The lowest BCUT2D eigenvalue weighted by atomic mass is 9.95. The third-order valence-corrected chi connectivity index (χ3v) is 5.32. The summed E-state index contributed by atoms with van der Waals surface area (Å²) in [5.74, 6) is -0.0191. The monoisotopic (exact) mass is 394 g/mol. The highest BCUT2D eigenvalue weighted by Gasteiger charge is 2.30. The first kappa shape index (κ1) is 21.5. The number of hydrogen-bond acceptors (Lipinski definition) is 3. The van der Waals surface area contributed by atoms with Crippen LogP contribution in [0.2, 0.25) is 0 Å². The Hall–Kier alpha value is -1.79. The number of likely N-dealkylation sites (tertiary alicyclic amines) is 1. The van der Waals surface area contributed by atoms with Crippen LogP contribution in [0.3, 0.4) is 0 Å². The summed E-state index contributed by atoms with van der Waals surface area (Å²) in [7, 11) is 0. The standard InChI is InChI=1S/C20H30N4O2.ClH/c1-14-5-3-7-17(11-14)23-20(26)24-10-4-6-16(13-24)19(25)22-18-8-9-21-15(2)12-18;/h3,5,7,11,15-16,18,21H,4,6,8-10,12-13H2,1-2H3,(H,22,25)(H,23,26);1H. The molecule has 3 rings (SSSR count). The summed E-state index contributed by atoms with van der Waals surface area (Å²) >= 11 is 0. The predicted octanol–water partition coefficient (Wildman–Crippen LogP) is 2.92. The maximum Gasteiger partial charge on any atom is 0.321 e. The molecule has 27 heavy (non-hydrogen) atoms. The molecule has 0 radical (unpaired) electrons. The molecule has 0 aromatic heterocycles. The molecule has 2 aliphatic rings. The Morgan fingerprint density at radius 2 is 2.07 bits per heavy atom. The molecular formula is C20H31ClN4O2. The van der Waals surface area contributed by atoms with Gasteiger partial charge in [0.15, 0.2) is 0 Å². The molecule has 2 aliphatic heterocycles. The molecule has 3 amide bonds. The van der Waals surface area contributed by atoms with E-state index in [0.29, 0.717) is 19.1 Å². The van der Waals surface area contributed by atoms with Gasteiger partial charge in [-0.25, -0.2) is 4.79 Å². The van der Waals surface area contributed by atoms with Crippen molar-refractivity contribution in [1.82, 2.24) is 15.5 Å². The summed E-state index contributed by atoms with van der Waals surface area (Å²) in [6.45, 7) is 6.28. The van der Waals surface area contributed by atoms with Crippen molar-refractivity contribution in [3.05, 3.63) is 29.8 Å². The second-order valence-electron chi connectivity index (χ2n) is 7.67. The highest BCUT2D eigenvalue weighted by atomic mass is 35.5. The van der Waals surface area contributed by atoms with Gasteiger partial charge in [0.25, 0.3) is 0 Å². The van der Waals surface area contributed by atoms with E-state index in [0.717, 1.165) is 43.5 Å². The molecule has 2 fully saturated rings. The Morgan fingerprint density at radius 1 is 1.26 bits per heavy atom. The first-order chi connectivity index (χ1) is 12.5. The van der Waals surface area contributed by atoms with Crippen molar-refractivity contribution in [3.63, 3.8) is 0 Å². The zero-order chi connectivity index (χ0) is 18.5.